The van der Waals surface area contributed by atoms with E-state index in [4.69, 9.17) is 0 Å². The van der Waals surface area contributed by atoms with E-state index >= 15 is 0 Å². The van der Waals surface area contributed by atoms with E-state index in [1.54, 1.807) is 25.3 Å². The number of fused-ring (bicyclic) bond motifs is 1. The predicted molar refractivity (Wildman–Crippen MR) is 88.4 cm³/mol. The largest absolute Gasteiger partial charge is 0.352 e. The van der Waals surface area contributed by atoms with Gasteiger partial charge in [0.2, 0.25) is 5.91 Å². The van der Waals surface area contributed by atoms with Gasteiger partial charge in [-0.2, -0.15) is 0 Å². The molecule has 0 aliphatic carbocycles. The first-order valence-corrected chi connectivity index (χ1v) is 7.48. The quantitative estimate of drug-likeness (QED) is 0.801. The molecule has 1 amide bonds. The number of carbonyl (C=O) groups excluding carboxylic acids is 1. The van der Waals surface area contributed by atoms with Crippen LogP contribution in [0.5, 0.6) is 0 Å². The molecule has 0 aliphatic heterocycles. The fourth-order valence-corrected chi connectivity index (χ4v) is 2.56. The van der Waals surface area contributed by atoms with Crippen LogP contribution in [0.3, 0.4) is 0 Å². The molecule has 116 valence electrons. The van der Waals surface area contributed by atoms with E-state index in [2.05, 4.69) is 10.3 Å². The maximum absolute atomic E-state index is 13.2. The van der Waals surface area contributed by atoms with Gasteiger partial charge in [-0.05, 0) is 35.7 Å². The number of amides is 1. The summed E-state index contributed by atoms with van der Waals surface area (Å²) in [4.78, 5) is 16.5. The van der Waals surface area contributed by atoms with E-state index < -0.39 is 0 Å². The third kappa shape index (κ3) is 3.54. The number of hydrogen-bond acceptors (Lipinski definition) is 2. The molecule has 4 heteroatoms. The first-order valence-electron chi connectivity index (χ1n) is 7.48. The second-order valence-electron chi connectivity index (χ2n) is 5.53. The molecule has 0 radical (unpaired) electrons. The third-order valence-electron chi connectivity index (χ3n) is 3.78. The van der Waals surface area contributed by atoms with Crippen molar-refractivity contribution in [3.05, 3.63) is 77.2 Å². The van der Waals surface area contributed by atoms with E-state index in [0.717, 1.165) is 22.0 Å². The summed E-state index contributed by atoms with van der Waals surface area (Å²) >= 11 is 0. The molecule has 0 aliphatic rings. The van der Waals surface area contributed by atoms with Gasteiger partial charge in [0.15, 0.2) is 0 Å². The summed E-state index contributed by atoms with van der Waals surface area (Å²) in [5, 5.41) is 3.89. The van der Waals surface area contributed by atoms with Gasteiger partial charge in [-0.25, -0.2) is 4.39 Å². The number of carbonyl (C=O) groups is 1. The van der Waals surface area contributed by atoms with E-state index in [-0.39, 0.29) is 18.1 Å². The number of rotatable bonds is 4. The highest BCUT2D eigenvalue weighted by Crippen LogP contribution is 2.16. The summed E-state index contributed by atoms with van der Waals surface area (Å²) in [6.07, 6.45) is 2.00. The number of pyridine rings is 1. The standard InChI is InChI=1S/C19H17FN2O/c1-13-10-14(7-8-17(13)20)12-22-18(23)11-16-5-2-4-15-6-3-9-21-19(15)16/h2-10H,11-12H2,1H3,(H,22,23). The number of nitrogens with one attached hydrogen (secondary N) is 1. The molecule has 3 rings (SSSR count). The van der Waals surface area contributed by atoms with Gasteiger partial charge in [0.05, 0.1) is 11.9 Å². The van der Waals surface area contributed by atoms with Crippen LogP contribution in [0.15, 0.2) is 54.7 Å². The molecule has 0 saturated heterocycles. The fraction of sp³-hybridized carbons (Fsp3) is 0.158. The molecule has 3 nitrogen and oxygen atoms in total. The number of para-hydroxylation sites is 1. The lowest BCUT2D eigenvalue weighted by atomic mass is 10.1. The zero-order valence-electron chi connectivity index (χ0n) is 12.8. The van der Waals surface area contributed by atoms with Crippen LogP contribution in [0.2, 0.25) is 0 Å². The second-order valence-corrected chi connectivity index (χ2v) is 5.53. The zero-order chi connectivity index (χ0) is 16.2. The normalized spacial score (nSPS) is 10.7. The molecule has 0 bridgehead atoms. The Morgan fingerprint density at radius 1 is 1.17 bits per heavy atom. The highest BCUT2D eigenvalue weighted by molar-refractivity contribution is 5.87. The molecular weight excluding hydrogens is 291 g/mol. The Hall–Kier alpha value is -2.75. The van der Waals surface area contributed by atoms with E-state index in [9.17, 15) is 9.18 Å². The number of benzene rings is 2. The molecule has 1 N–H and O–H groups in total. The van der Waals surface area contributed by atoms with Crippen LogP contribution in [0, 0.1) is 12.7 Å². The Balaban J connectivity index is 1.68. The van der Waals surface area contributed by atoms with Crippen molar-refractivity contribution in [2.24, 2.45) is 0 Å². The minimum atomic E-state index is -0.234. The van der Waals surface area contributed by atoms with Gasteiger partial charge in [0, 0.05) is 18.1 Å². The van der Waals surface area contributed by atoms with Crippen molar-refractivity contribution in [3.8, 4) is 0 Å². The van der Waals surface area contributed by atoms with Crippen molar-refractivity contribution in [1.29, 1.82) is 0 Å². The monoisotopic (exact) mass is 308 g/mol. The molecule has 3 aromatic rings. The van der Waals surface area contributed by atoms with Gasteiger partial charge in [-0.3, -0.25) is 9.78 Å². The zero-order valence-corrected chi connectivity index (χ0v) is 12.8. The molecule has 1 heterocycles. The van der Waals surface area contributed by atoms with Crippen LogP contribution < -0.4 is 5.32 Å². The summed E-state index contributed by atoms with van der Waals surface area (Å²) in [5.41, 5.74) is 3.21. The molecule has 0 unspecified atom stereocenters. The van der Waals surface area contributed by atoms with Gasteiger partial charge < -0.3 is 5.32 Å². The van der Waals surface area contributed by atoms with Gasteiger partial charge in [-0.1, -0.05) is 36.4 Å². The molecule has 0 saturated carbocycles. The van der Waals surface area contributed by atoms with E-state index in [1.165, 1.54) is 6.07 Å². The van der Waals surface area contributed by atoms with Crippen LogP contribution >= 0.6 is 0 Å². The Bertz CT molecular complexity index is 856. The Kier molecular flexibility index (Phi) is 4.33. The lowest BCUT2D eigenvalue weighted by molar-refractivity contribution is -0.120. The Labute approximate surface area is 134 Å². The molecule has 23 heavy (non-hydrogen) atoms. The summed E-state index contributed by atoms with van der Waals surface area (Å²) in [6.45, 7) is 2.10. The molecule has 0 atom stereocenters. The SMILES string of the molecule is Cc1cc(CNC(=O)Cc2cccc3cccnc23)ccc1F. The summed E-state index contributed by atoms with van der Waals surface area (Å²) in [7, 11) is 0. The number of nitrogens with zero attached hydrogens (tertiary/aromatic N) is 1. The van der Waals surface area contributed by atoms with E-state index in [0.29, 0.717) is 12.1 Å². The summed E-state index contributed by atoms with van der Waals surface area (Å²) in [6, 6.07) is 14.5. The minimum Gasteiger partial charge on any atom is -0.352 e. The Morgan fingerprint density at radius 3 is 2.83 bits per heavy atom. The highest BCUT2D eigenvalue weighted by atomic mass is 19.1. The van der Waals surface area contributed by atoms with Crippen molar-refractivity contribution in [2.45, 2.75) is 19.9 Å². The van der Waals surface area contributed by atoms with Gasteiger partial charge in [0.1, 0.15) is 5.82 Å². The van der Waals surface area contributed by atoms with Crippen LogP contribution in [0.4, 0.5) is 4.39 Å². The van der Waals surface area contributed by atoms with Crippen LogP contribution in [0.1, 0.15) is 16.7 Å². The molecule has 1 aromatic heterocycles. The van der Waals surface area contributed by atoms with E-state index in [1.807, 2.05) is 30.3 Å². The third-order valence-corrected chi connectivity index (χ3v) is 3.78. The fourth-order valence-electron chi connectivity index (χ4n) is 2.56. The van der Waals surface area contributed by atoms with Crippen molar-refractivity contribution in [2.75, 3.05) is 0 Å². The Morgan fingerprint density at radius 2 is 2.00 bits per heavy atom. The molecular formula is C19H17FN2O. The first-order chi connectivity index (χ1) is 11.1. The number of halogens is 1. The lowest BCUT2D eigenvalue weighted by Crippen LogP contribution is -2.24. The first kappa shape index (κ1) is 15.2. The highest BCUT2D eigenvalue weighted by Gasteiger charge is 2.08. The number of aromatic nitrogens is 1. The van der Waals surface area contributed by atoms with Gasteiger partial charge in [0.25, 0.3) is 0 Å². The second kappa shape index (κ2) is 6.57. The van der Waals surface area contributed by atoms with Crippen molar-refractivity contribution in [3.63, 3.8) is 0 Å². The average molecular weight is 308 g/mol. The van der Waals surface area contributed by atoms with Crippen molar-refractivity contribution < 1.29 is 9.18 Å². The molecule has 0 spiro atoms. The topological polar surface area (TPSA) is 42.0 Å². The van der Waals surface area contributed by atoms with Crippen molar-refractivity contribution >= 4 is 16.8 Å². The number of hydrogen-bond donors (Lipinski definition) is 1. The smallest absolute Gasteiger partial charge is 0.224 e. The maximum atomic E-state index is 13.2. The van der Waals surface area contributed by atoms with Gasteiger partial charge >= 0.3 is 0 Å². The van der Waals surface area contributed by atoms with Crippen LogP contribution in [-0.2, 0) is 17.8 Å². The van der Waals surface area contributed by atoms with Crippen LogP contribution in [0.25, 0.3) is 10.9 Å². The molecule has 0 fully saturated rings. The summed E-state index contributed by atoms with van der Waals surface area (Å²) in [5.74, 6) is -0.313. The van der Waals surface area contributed by atoms with Gasteiger partial charge in [-0.15, -0.1) is 0 Å². The minimum absolute atomic E-state index is 0.0786. The lowest BCUT2D eigenvalue weighted by Gasteiger charge is -2.08. The van der Waals surface area contributed by atoms with Crippen LogP contribution in [-0.4, -0.2) is 10.9 Å². The maximum Gasteiger partial charge on any atom is 0.224 e. The molecule has 2 aromatic carbocycles. The average Bonchev–Trinajstić information content (AvgIpc) is 2.56. The number of aryl methyl sites for hydroxylation is 1. The predicted octanol–water partition coefficient (Wildman–Crippen LogP) is 3.54. The van der Waals surface area contributed by atoms with Crippen molar-refractivity contribution in [1.82, 2.24) is 10.3 Å². The summed E-state index contributed by atoms with van der Waals surface area (Å²) < 4.78 is 13.2.